The fourth-order valence-corrected chi connectivity index (χ4v) is 1.23. The summed E-state index contributed by atoms with van der Waals surface area (Å²) in [7, 11) is 1.87. The lowest BCUT2D eigenvalue weighted by Crippen LogP contribution is -2.37. The molecule has 5 nitrogen and oxygen atoms in total. The van der Waals surface area contributed by atoms with Crippen molar-refractivity contribution in [1.82, 2.24) is 15.1 Å². The maximum atomic E-state index is 9.07. The monoisotopic (exact) mass is 213 g/mol. The molecule has 0 aromatic carbocycles. The van der Waals surface area contributed by atoms with Crippen LogP contribution in [0, 0.1) is 5.41 Å². The SMILES string of the molecule is Cn1cc(CNCC(C)(CO)CO)cn1. The summed E-state index contributed by atoms with van der Waals surface area (Å²) in [5.74, 6) is 0. The zero-order valence-electron chi connectivity index (χ0n) is 9.27. The second kappa shape index (κ2) is 5.25. The third-order valence-corrected chi connectivity index (χ3v) is 2.40. The molecule has 0 amide bonds. The van der Waals surface area contributed by atoms with Gasteiger partial charge in [0.15, 0.2) is 0 Å². The quantitative estimate of drug-likeness (QED) is 0.596. The Balaban J connectivity index is 2.32. The maximum Gasteiger partial charge on any atom is 0.0534 e. The predicted octanol–water partition coefficient (Wildman–Crippen LogP) is -0.499. The van der Waals surface area contributed by atoms with Crippen LogP contribution in [0.1, 0.15) is 12.5 Å². The summed E-state index contributed by atoms with van der Waals surface area (Å²) in [5.41, 5.74) is 0.637. The Hall–Kier alpha value is -0.910. The molecular formula is C10H19N3O2. The Morgan fingerprint density at radius 1 is 1.47 bits per heavy atom. The Labute approximate surface area is 89.7 Å². The highest BCUT2D eigenvalue weighted by Crippen LogP contribution is 2.12. The number of rotatable bonds is 6. The van der Waals surface area contributed by atoms with Crippen molar-refractivity contribution in [3.05, 3.63) is 18.0 Å². The van der Waals surface area contributed by atoms with Gasteiger partial charge in [0, 0.05) is 37.3 Å². The molecule has 5 heteroatoms. The molecular weight excluding hydrogens is 194 g/mol. The minimum Gasteiger partial charge on any atom is -0.396 e. The zero-order valence-corrected chi connectivity index (χ0v) is 9.27. The van der Waals surface area contributed by atoms with Crippen molar-refractivity contribution in [1.29, 1.82) is 0 Å². The highest BCUT2D eigenvalue weighted by molar-refractivity contribution is 5.02. The summed E-state index contributed by atoms with van der Waals surface area (Å²) < 4.78 is 1.74. The normalized spacial score (nSPS) is 12.0. The van der Waals surface area contributed by atoms with Gasteiger partial charge in [-0.1, -0.05) is 6.92 Å². The Bertz CT molecular complexity index is 295. The molecule has 0 spiro atoms. The molecule has 0 saturated carbocycles. The van der Waals surface area contributed by atoms with Gasteiger partial charge in [-0.15, -0.1) is 0 Å². The van der Waals surface area contributed by atoms with Gasteiger partial charge in [-0.3, -0.25) is 4.68 Å². The number of aliphatic hydroxyl groups excluding tert-OH is 2. The van der Waals surface area contributed by atoms with Gasteiger partial charge in [-0.25, -0.2) is 0 Å². The van der Waals surface area contributed by atoms with Crippen LogP contribution in [-0.2, 0) is 13.6 Å². The second-order valence-corrected chi connectivity index (χ2v) is 4.25. The fraction of sp³-hybridized carbons (Fsp3) is 0.700. The molecule has 1 rings (SSSR count). The van der Waals surface area contributed by atoms with E-state index in [1.54, 1.807) is 10.9 Å². The molecule has 86 valence electrons. The summed E-state index contributed by atoms with van der Waals surface area (Å²) >= 11 is 0. The lowest BCUT2D eigenvalue weighted by molar-refractivity contribution is 0.0695. The molecule has 0 saturated heterocycles. The molecule has 15 heavy (non-hydrogen) atoms. The van der Waals surface area contributed by atoms with E-state index in [0.717, 1.165) is 5.56 Å². The third kappa shape index (κ3) is 3.62. The number of aliphatic hydroxyl groups is 2. The Kier molecular flexibility index (Phi) is 4.26. The molecule has 0 aliphatic carbocycles. The average Bonchev–Trinajstić information content (AvgIpc) is 2.64. The van der Waals surface area contributed by atoms with Crippen LogP contribution in [0.25, 0.3) is 0 Å². The van der Waals surface area contributed by atoms with Crippen LogP contribution in [0.5, 0.6) is 0 Å². The first-order valence-electron chi connectivity index (χ1n) is 4.99. The van der Waals surface area contributed by atoms with Gasteiger partial charge in [0.25, 0.3) is 0 Å². The number of nitrogens with one attached hydrogen (secondary N) is 1. The first-order valence-corrected chi connectivity index (χ1v) is 4.99. The lowest BCUT2D eigenvalue weighted by Gasteiger charge is -2.24. The van der Waals surface area contributed by atoms with Crippen molar-refractivity contribution in [2.75, 3.05) is 19.8 Å². The molecule has 0 fully saturated rings. The van der Waals surface area contributed by atoms with E-state index < -0.39 is 5.41 Å². The molecule has 3 N–H and O–H groups in total. The van der Waals surface area contributed by atoms with Crippen molar-refractivity contribution in [3.8, 4) is 0 Å². The molecule has 0 aliphatic heterocycles. The van der Waals surface area contributed by atoms with Crippen molar-refractivity contribution in [2.24, 2.45) is 12.5 Å². The zero-order chi connectivity index (χ0) is 11.3. The highest BCUT2D eigenvalue weighted by atomic mass is 16.3. The van der Waals surface area contributed by atoms with E-state index in [-0.39, 0.29) is 13.2 Å². The molecule has 0 unspecified atom stereocenters. The van der Waals surface area contributed by atoms with Crippen molar-refractivity contribution in [3.63, 3.8) is 0 Å². The summed E-state index contributed by atoms with van der Waals surface area (Å²) in [6.45, 7) is 3.06. The van der Waals surface area contributed by atoms with Gasteiger partial charge >= 0.3 is 0 Å². The van der Waals surface area contributed by atoms with Crippen LogP contribution in [0.4, 0.5) is 0 Å². The van der Waals surface area contributed by atoms with Crippen LogP contribution in [-0.4, -0.2) is 39.8 Å². The number of hydrogen-bond donors (Lipinski definition) is 3. The molecule has 0 atom stereocenters. The van der Waals surface area contributed by atoms with E-state index in [1.165, 1.54) is 0 Å². The number of aromatic nitrogens is 2. The first-order chi connectivity index (χ1) is 7.09. The van der Waals surface area contributed by atoms with Gasteiger partial charge in [0.05, 0.1) is 19.4 Å². The summed E-state index contributed by atoms with van der Waals surface area (Å²) in [4.78, 5) is 0. The second-order valence-electron chi connectivity index (χ2n) is 4.25. The van der Waals surface area contributed by atoms with Crippen molar-refractivity contribution < 1.29 is 10.2 Å². The lowest BCUT2D eigenvalue weighted by atomic mass is 9.93. The molecule has 0 aliphatic rings. The van der Waals surface area contributed by atoms with E-state index in [0.29, 0.717) is 13.1 Å². The maximum absolute atomic E-state index is 9.07. The minimum absolute atomic E-state index is 0.0243. The average molecular weight is 213 g/mol. The van der Waals surface area contributed by atoms with Gasteiger partial charge in [-0.05, 0) is 0 Å². The minimum atomic E-state index is -0.456. The van der Waals surface area contributed by atoms with E-state index in [1.807, 2.05) is 20.2 Å². The van der Waals surface area contributed by atoms with Gasteiger partial charge in [-0.2, -0.15) is 5.10 Å². The number of hydrogen-bond acceptors (Lipinski definition) is 4. The van der Waals surface area contributed by atoms with Crippen molar-refractivity contribution >= 4 is 0 Å². The van der Waals surface area contributed by atoms with Gasteiger partial charge < -0.3 is 15.5 Å². The number of nitrogens with zero attached hydrogens (tertiary/aromatic N) is 2. The predicted molar refractivity (Wildman–Crippen MR) is 57.2 cm³/mol. The Morgan fingerprint density at radius 3 is 2.60 bits per heavy atom. The van der Waals surface area contributed by atoms with Crippen LogP contribution in [0.15, 0.2) is 12.4 Å². The number of aryl methyl sites for hydroxylation is 1. The summed E-state index contributed by atoms with van der Waals surface area (Å²) in [6.07, 6.45) is 3.73. The summed E-state index contributed by atoms with van der Waals surface area (Å²) in [5, 5.41) is 25.4. The van der Waals surface area contributed by atoms with E-state index >= 15 is 0 Å². The van der Waals surface area contributed by atoms with Crippen LogP contribution >= 0.6 is 0 Å². The topological polar surface area (TPSA) is 70.3 Å². The van der Waals surface area contributed by atoms with Crippen LogP contribution in [0.2, 0.25) is 0 Å². The fourth-order valence-electron chi connectivity index (χ4n) is 1.23. The first kappa shape index (κ1) is 12.2. The molecule has 0 bridgehead atoms. The largest absolute Gasteiger partial charge is 0.396 e. The third-order valence-electron chi connectivity index (χ3n) is 2.40. The molecule has 1 aromatic heterocycles. The Morgan fingerprint density at radius 2 is 2.13 bits per heavy atom. The molecule has 1 heterocycles. The van der Waals surface area contributed by atoms with Gasteiger partial charge in [0.2, 0.25) is 0 Å². The molecule has 1 aromatic rings. The van der Waals surface area contributed by atoms with E-state index in [2.05, 4.69) is 10.4 Å². The standard InChI is InChI=1S/C10H19N3O2/c1-10(7-14,8-15)6-11-3-9-4-12-13(2)5-9/h4-5,11,14-15H,3,6-8H2,1-2H3. The smallest absolute Gasteiger partial charge is 0.0534 e. The van der Waals surface area contributed by atoms with Crippen LogP contribution in [0.3, 0.4) is 0 Å². The summed E-state index contributed by atoms with van der Waals surface area (Å²) in [6, 6.07) is 0. The molecule has 0 radical (unpaired) electrons. The van der Waals surface area contributed by atoms with E-state index in [4.69, 9.17) is 10.2 Å². The van der Waals surface area contributed by atoms with Crippen LogP contribution < -0.4 is 5.32 Å². The van der Waals surface area contributed by atoms with Gasteiger partial charge in [0.1, 0.15) is 0 Å². The van der Waals surface area contributed by atoms with Crippen molar-refractivity contribution in [2.45, 2.75) is 13.5 Å². The van der Waals surface area contributed by atoms with E-state index in [9.17, 15) is 0 Å². The highest BCUT2D eigenvalue weighted by Gasteiger charge is 2.21.